The van der Waals surface area contributed by atoms with Crippen molar-refractivity contribution in [1.82, 2.24) is 14.5 Å². The lowest BCUT2D eigenvalue weighted by Crippen LogP contribution is -2.21. The van der Waals surface area contributed by atoms with Crippen LogP contribution in [-0.4, -0.2) is 28.8 Å². The number of nitrogens with zero attached hydrogens (tertiary/aromatic N) is 3. The number of hydrogen-bond donors (Lipinski definition) is 0. The van der Waals surface area contributed by atoms with Crippen LogP contribution in [0, 0.1) is 6.92 Å². The first-order valence-electron chi connectivity index (χ1n) is 10.3. The molecule has 0 unspecified atom stereocenters. The molecule has 6 nitrogen and oxygen atoms in total. The van der Waals surface area contributed by atoms with Gasteiger partial charge in [-0.05, 0) is 30.7 Å². The van der Waals surface area contributed by atoms with Gasteiger partial charge in [-0.15, -0.1) is 22.7 Å². The third kappa shape index (κ3) is 4.03. The molecule has 8 heteroatoms. The van der Waals surface area contributed by atoms with Crippen LogP contribution in [0.4, 0.5) is 0 Å². The van der Waals surface area contributed by atoms with Crippen molar-refractivity contribution in [1.29, 1.82) is 0 Å². The summed E-state index contributed by atoms with van der Waals surface area (Å²) in [7, 11) is 3.22. The minimum atomic E-state index is -0.0579. The molecule has 0 aliphatic heterocycles. The van der Waals surface area contributed by atoms with Gasteiger partial charge in [0, 0.05) is 21.9 Å². The van der Waals surface area contributed by atoms with Gasteiger partial charge in [0.25, 0.3) is 5.56 Å². The number of ether oxygens (including phenoxy) is 2. The topological polar surface area (TPSA) is 66.2 Å². The molecule has 5 aromatic rings. The van der Waals surface area contributed by atoms with Crippen LogP contribution in [0.1, 0.15) is 11.3 Å². The van der Waals surface area contributed by atoms with Gasteiger partial charge in [-0.1, -0.05) is 29.8 Å². The first-order valence-corrected chi connectivity index (χ1v) is 12.0. The Morgan fingerprint density at radius 3 is 2.45 bits per heavy atom. The van der Waals surface area contributed by atoms with E-state index in [1.165, 1.54) is 28.2 Å². The Balaban J connectivity index is 1.48. The molecule has 166 valence electrons. The molecule has 5 rings (SSSR count). The van der Waals surface area contributed by atoms with Crippen LogP contribution in [-0.2, 0) is 6.54 Å². The molecule has 0 amide bonds. The van der Waals surface area contributed by atoms with Crippen LogP contribution in [0.5, 0.6) is 11.5 Å². The predicted octanol–water partition coefficient (Wildman–Crippen LogP) is 5.62. The predicted molar refractivity (Wildman–Crippen MR) is 134 cm³/mol. The van der Waals surface area contributed by atoms with Gasteiger partial charge < -0.3 is 9.47 Å². The van der Waals surface area contributed by atoms with Crippen LogP contribution in [0.3, 0.4) is 0 Å². The largest absolute Gasteiger partial charge is 0.493 e. The van der Waals surface area contributed by atoms with E-state index in [2.05, 4.69) is 17.1 Å². The Bertz CT molecular complexity index is 1500. The molecule has 0 fully saturated rings. The average molecular weight is 476 g/mol. The molecule has 0 atom stereocenters. The van der Waals surface area contributed by atoms with Gasteiger partial charge in [0.15, 0.2) is 11.5 Å². The van der Waals surface area contributed by atoms with Crippen LogP contribution in [0.2, 0.25) is 0 Å². The van der Waals surface area contributed by atoms with Gasteiger partial charge in [0.05, 0.1) is 38.2 Å². The summed E-state index contributed by atoms with van der Waals surface area (Å²) in [6.07, 6.45) is 1.61. The van der Waals surface area contributed by atoms with Gasteiger partial charge in [-0.25, -0.2) is 9.97 Å². The molecule has 0 saturated heterocycles. The zero-order chi connectivity index (χ0) is 22.9. The van der Waals surface area contributed by atoms with E-state index < -0.39 is 0 Å². The molecule has 0 saturated carbocycles. The highest BCUT2D eigenvalue weighted by atomic mass is 32.1. The maximum absolute atomic E-state index is 13.4. The summed E-state index contributed by atoms with van der Waals surface area (Å²) >= 11 is 3.02. The van der Waals surface area contributed by atoms with Gasteiger partial charge in [-0.3, -0.25) is 9.36 Å². The van der Waals surface area contributed by atoms with Crippen molar-refractivity contribution in [2.45, 2.75) is 13.5 Å². The highest BCUT2D eigenvalue weighted by Gasteiger charge is 2.15. The fraction of sp³-hybridized carbons (Fsp3) is 0.160. The van der Waals surface area contributed by atoms with Crippen LogP contribution in [0.25, 0.3) is 31.9 Å². The summed E-state index contributed by atoms with van der Waals surface area (Å²) in [4.78, 5) is 23.4. The van der Waals surface area contributed by atoms with E-state index >= 15 is 0 Å². The Morgan fingerprint density at radius 2 is 1.70 bits per heavy atom. The summed E-state index contributed by atoms with van der Waals surface area (Å²) in [5, 5.41) is 5.48. The van der Waals surface area contributed by atoms with Crippen molar-refractivity contribution >= 4 is 32.9 Å². The standard InChI is InChI=1S/C25H21N3O3S2/c1-15-4-6-16(7-5-15)19-13-33-24-22(19)25(29)28(14-26-24)11-18-12-32-23(27-18)17-8-9-20(30-2)21(10-17)31-3/h4-10,12-14H,11H2,1-3H3. The Hall–Kier alpha value is -3.49. The van der Waals surface area contributed by atoms with Crippen LogP contribution < -0.4 is 15.0 Å². The van der Waals surface area contributed by atoms with Crippen molar-refractivity contribution < 1.29 is 9.47 Å². The highest BCUT2D eigenvalue weighted by molar-refractivity contribution is 7.17. The number of benzene rings is 2. The van der Waals surface area contributed by atoms with E-state index in [9.17, 15) is 4.79 Å². The zero-order valence-electron chi connectivity index (χ0n) is 18.4. The minimum absolute atomic E-state index is 0.0579. The lowest BCUT2D eigenvalue weighted by atomic mass is 10.1. The third-order valence-corrected chi connectivity index (χ3v) is 7.26. The third-order valence-electron chi connectivity index (χ3n) is 5.44. The number of fused-ring (bicyclic) bond motifs is 1. The molecular formula is C25H21N3O3S2. The van der Waals surface area contributed by atoms with Crippen molar-refractivity contribution in [2.75, 3.05) is 14.2 Å². The number of hydrogen-bond acceptors (Lipinski definition) is 7. The van der Waals surface area contributed by atoms with Crippen molar-refractivity contribution in [2.24, 2.45) is 0 Å². The SMILES string of the molecule is COc1ccc(-c2nc(Cn3cnc4scc(-c5ccc(C)cc5)c4c3=O)cs2)cc1OC. The molecule has 3 aromatic heterocycles. The van der Waals surface area contributed by atoms with Crippen LogP contribution >= 0.6 is 22.7 Å². The van der Waals surface area contributed by atoms with E-state index in [0.29, 0.717) is 23.4 Å². The molecule has 0 bridgehead atoms. The molecule has 0 aliphatic rings. The molecule has 0 N–H and O–H groups in total. The summed E-state index contributed by atoms with van der Waals surface area (Å²) < 4.78 is 12.3. The normalized spacial score (nSPS) is 11.1. The maximum Gasteiger partial charge on any atom is 0.263 e. The second-order valence-electron chi connectivity index (χ2n) is 7.59. The summed E-state index contributed by atoms with van der Waals surface area (Å²) in [6.45, 7) is 2.41. The number of rotatable bonds is 6. The van der Waals surface area contributed by atoms with Crippen molar-refractivity contribution in [3.63, 3.8) is 0 Å². The summed E-state index contributed by atoms with van der Waals surface area (Å²) in [5.41, 5.74) is 4.81. The minimum Gasteiger partial charge on any atom is -0.493 e. The monoisotopic (exact) mass is 475 g/mol. The number of thiazole rings is 1. The van der Waals surface area contributed by atoms with Gasteiger partial charge >= 0.3 is 0 Å². The van der Waals surface area contributed by atoms with E-state index in [0.717, 1.165) is 32.2 Å². The Morgan fingerprint density at radius 1 is 0.939 bits per heavy atom. The molecular weight excluding hydrogens is 454 g/mol. The van der Waals surface area contributed by atoms with Crippen molar-refractivity contribution in [3.8, 4) is 33.2 Å². The second-order valence-corrected chi connectivity index (χ2v) is 9.30. The molecule has 0 radical (unpaired) electrons. The van der Waals surface area contributed by atoms with Gasteiger partial charge in [-0.2, -0.15) is 0 Å². The second kappa shape index (κ2) is 8.80. The molecule has 2 aromatic carbocycles. The quantitative estimate of drug-likeness (QED) is 0.319. The first-order chi connectivity index (χ1) is 16.1. The van der Waals surface area contributed by atoms with Gasteiger partial charge in [0.1, 0.15) is 9.84 Å². The molecule has 0 aliphatic carbocycles. The van der Waals surface area contributed by atoms with E-state index in [1.807, 2.05) is 48.0 Å². The fourth-order valence-electron chi connectivity index (χ4n) is 3.68. The highest BCUT2D eigenvalue weighted by Crippen LogP contribution is 2.34. The Labute approximate surface area is 198 Å². The molecule has 33 heavy (non-hydrogen) atoms. The van der Waals surface area contributed by atoms with E-state index in [1.54, 1.807) is 25.1 Å². The zero-order valence-corrected chi connectivity index (χ0v) is 20.0. The smallest absolute Gasteiger partial charge is 0.263 e. The Kier molecular flexibility index (Phi) is 5.70. The summed E-state index contributed by atoms with van der Waals surface area (Å²) in [5.74, 6) is 1.32. The number of aryl methyl sites for hydroxylation is 1. The maximum atomic E-state index is 13.4. The number of aromatic nitrogens is 3. The molecule has 3 heterocycles. The van der Waals surface area contributed by atoms with Crippen LogP contribution in [0.15, 0.2) is 64.3 Å². The average Bonchev–Trinajstić information content (AvgIpc) is 3.49. The number of thiophene rings is 1. The lowest BCUT2D eigenvalue weighted by Gasteiger charge is -2.08. The fourth-order valence-corrected chi connectivity index (χ4v) is 5.40. The number of methoxy groups -OCH3 is 2. The summed E-state index contributed by atoms with van der Waals surface area (Å²) in [6, 6.07) is 13.9. The van der Waals surface area contributed by atoms with E-state index in [-0.39, 0.29) is 5.56 Å². The van der Waals surface area contributed by atoms with Crippen molar-refractivity contribution in [3.05, 3.63) is 81.2 Å². The van der Waals surface area contributed by atoms with Gasteiger partial charge in [0.2, 0.25) is 0 Å². The first kappa shape index (κ1) is 21.4. The molecule has 0 spiro atoms. The van der Waals surface area contributed by atoms with E-state index in [4.69, 9.17) is 14.5 Å². The lowest BCUT2D eigenvalue weighted by molar-refractivity contribution is 0.355.